The number of thioether (sulfide) groups is 1. The first kappa shape index (κ1) is 18.3. The zero-order chi connectivity index (χ0) is 16.0. The number of carbonyl (C=O) groups excluding carboxylic acids is 2. The van der Waals surface area contributed by atoms with Crippen LogP contribution >= 0.6 is 11.8 Å². The maximum absolute atomic E-state index is 12.9. The first-order chi connectivity index (χ1) is 9.98. The van der Waals surface area contributed by atoms with E-state index in [4.69, 9.17) is 0 Å². The Balaban J connectivity index is 3.05. The van der Waals surface area contributed by atoms with Crippen molar-refractivity contribution >= 4 is 23.6 Å². The van der Waals surface area contributed by atoms with E-state index in [0.717, 1.165) is 18.6 Å². The van der Waals surface area contributed by atoms with E-state index in [9.17, 15) is 9.59 Å². The molecule has 2 atom stereocenters. The van der Waals surface area contributed by atoms with Crippen LogP contribution < -0.4 is 5.32 Å². The normalized spacial score (nSPS) is 23.1. The zero-order valence-electron chi connectivity index (χ0n) is 14.1. The van der Waals surface area contributed by atoms with Gasteiger partial charge in [0.15, 0.2) is 0 Å². The van der Waals surface area contributed by atoms with Crippen molar-refractivity contribution in [2.75, 3.05) is 18.6 Å². The average molecular weight is 314 g/mol. The summed E-state index contributed by atoms with van der Waals surface area (Å²) in [6.07, 6.45) is 5.25. The second-order valence-corrected chi connectivity index (χ2v) is 6.90. The van der Waals surface area contributed by atoms with Gasteiger partial charge in [-0.3, -0.25) is 9.59 Å². The summed E-state index contributed by atoms with van der Waals surface area (Å²) >= 11 is 1.78. The molecule has 1 fully saturated rings. The summed E-state index contributed by atoms with van der Waals surface area (Å²) in [5.41, 5.74) is -0.653. The van der Waals surface area contributed by atoms with Crippen LogP contribution in [0.2, 0.25) is 0 Å². The average Bonchev–Trinajstić information content (AvgIpc) is 2.50. The van der Waals surface area contributed by atoms with E-state index in [1.54, 1.807) is 11.8 Å². The molecule has 0 aliphatic carbocycles. The molecule has 5 heteroatoms. The van der Waals surface area contributed by atoms with E-state index in [1.807, 2.05) is 25.7 Å². The summed E-state index contributed by atoms with van der Waals surface area (Å²) in [5.74, 6) is 1.33. The molecule has 1 heterocycles. The third-order valence-electron chi connectivity index (χ3n) is 4.87. The van der Waals surface area contributed by atoms with E-state index in [0.29, 0.717) is 19.4 Å². The Morgan fingerprint density at radius 3 is 2.38 bits per heavy atom. The van der Waals surface area contributed by atoms with E-state index >= 15 is 0 Å². The van der Waals surface area contributed by atoms with Gasteiger partial charge in [-0.1, -0.05) is 34.1 Å². The number of nitrogens with one attached hydrogen (secondary N) is 1. The minimum Gasteiger partial charge on any atom is -0.342 e. The van der Waals surface area contributed by atoms with Crippen LogP contribution in [0.4, 0.5) is 0 Å². The molecule has 0 aromatic carbocycles. The fourth-order valence-electron chi connectivity index (χ4n) is 3.10. The van der Waals surface area contributed by atoms with Gasteiger partial charge in [-0.25, -0.2) is 0 Å². The molecule has 0 aromatic heterocycles. The lowest BCUT2D eigenvalue weighted by Gasteiger charge is -2.48. The number of amides is 2. The molecule has 1 aliphatic rings. The van der Waals surface area contributed by atoms with Crippen LogP contribution in [0.15, 0.2) is 0 Å². The first-order valence-corrected chi connectivity index (χ1v) is 9.49. The van der Waals surface area contributed by atoms with Crippen molar-refractivity contribution in [3.05, 3.63) is 0 Å². The molecular weight excluding hydrogens is 284 g/mol. The van der Waals surface area contributed by atoms with Gasteiger partial charge in [-0.15, -0.1) is 0 Å². The Labute approximate surface area is 133 Å². The smallest absolute Gasteiger partial charge is 0.246 e. The third kappa shape index (κ3) is 3.55. The van der Waals surface area contributed by atoms with E-state index < -0.39 is 5.54 Å². The second kappa shape index (κ2) is 8.06. The number of hydrogen-bond donors (Lipinski definition) is 1. The summed E-state index contributed by atoms with van der Waals surface area (Å²) in [6, 6.07) is -0.358. The Morgan fingerprint density at radius 1 is 1.29 bits per heavy atom. The fourth-order valence-corrected chi connectivity index (χ4v) is 3.52. The van der Waals surface area contributed by atoms with Gasteiger partial charge in [0.05, 0.1) is 0 Å². The standard InChI is InChI=1S/C16H30N2O2S/c1-6-12(4)13-14(19)18(10-9-11-21-5)16(7-2,8-3)15(20)17-13/h12-13H,6-11H2,1-5H3,(H,17,20). The molecule has 0 radical (unpaired) electrons. The number of piperazine rings is 1. The summed E-state index contributed by atoms with van der Waals surface area (Å²) in [7, 11) is 0. The molecule has 0 bridgehead atoms. The van der Waals surface area contributed by atoms with Crippen LogP contribution in [-0.2, 0) is 9.59 Å². The van der Waals surface area contributed by atoms with Crippen molar-refractivity contribution in [3.8, 4) is 0 Å². The number of hydrogen-bond acceptors (Lipinski definition) is 3. The second-order valence-electron chi connectivity index (χ2n) is 5.91. The number of carbonyl (C=O) groups is 2. The van der Waals surface area contributed by atoms with Crippen LogP contribution in [-0.4, -0.2) is 46.8 Å². The van der Waals surface area contributed by atoms with E-state index in [2.05, 4.69) is 18.5 Å². The van der Waals surface area contributed by atoms with Crippen molar-refractivity contribution in [3.63, 3.8) is 0 Å². The summed E-state index contributed by atoms with van der Waals surface area (Å²) in [6.45, 7) is 8.78. The third-order valence-corrected chi connectivity index (χ3v) is 5.57. The van der Waals surface area contributed by atoms with Crippen LogP contribution in [0, 0.1) is 5.92 Å². The molecule has 4 nitrogen and oxygen atoms in total. The van der Waals surface area contributed by atoms with Gasteiger partial charge in [0, 0.05) is 6.54 Å². The maximum atomic E-state index is 12.9. The lowest BCUT2D eigenvalue weighted by Crippen LogP contribution is -2.71. The molecule has 122 valence electrons. The Hall–Kier alpha value is -0.710. The molecule has 2 amide bonds. The van der Waals surface area contributed by atoms with Gasteiger partial charge in [0.1, 0.15) is 11.6 Å². The van der Waals surface area contributed by atoms with Crippen LogP contribution in [0.5, 0.6) is 0 Å². The summed E-state index contributed by atoms with van der Waals surface area (Å²) in [5, 5.41) is 2.99. The van der Waals surface area contributed by atoms with E-state index in [-0.39, 0.29) is 23.8 Å². The SMILES string of the molecule is CCC(C)C1NC(=O)C(CC)(CC)N(CCCSC)C1=O. The highest BCUT2D eigenvalue weighted by Crippen LogP contribution is 2.31. The highest BCUT2D eigenvalue weighted by Gasteiger charge is 2.50. The van der Waals surface area contributed by atoms with Crippen molar-refractivity contribution in [1.29, 1.82) is 0 Å². The van der Waals surface area contributed by atoms with Gasteiger partial charge >= 0.3 is 0 Å². The highest BCUT2D eigenvalue weighted by molar-refractivity contribution is 7.98. The molecule has 1 N–H and O–H groups in total. The Morgan fingerprint density at radius 2 is 1.90 bits per heavy atom. The molecule has 1 saturated heterocycles. The van der Waals surface area contributed by atoms with Crippen molar-refractivity contribution in [1.82, 2.24) is 10.2 Å². The van der Waals surface area contributed by atoms with Crippen LogP contribution in [0.25, 0.3) is 0 Å². The first-order valence-electron chi connectivity index (χ1n) is 8.09. The van der Waals surface area contributed by atoms with Gasteiger partial charge < -0.3 is 10.2 Å². The highest BCUT2D eigenvalue weighted by atomic mass is 32.2. The van der Waals surface area contributed by atoms with E-state index in [1.165, 1.54) is 0 Å². The molecule has 0 spiro atoms. The van der Waals surface area contributed by atoms with Crippen molar-refractivity contribution in [2.45, 2.75) is 65.0 Å². The number of nitrogens with zero attached hydrogens (tertiary/aromatic N) is 1. The van der Waals surface area contributed by atoms with Gasteiger partial charge in [-0.05, 0) is 37.2 Å². The maximum Gasteiger partial charge on any atom is 0.246 e. The lowest BCUT2D eigenvalue weighted by molar-refractivity contribution is -0.159. The minimum atomic E-state index is -0.653. The van der Waals surface area contributed by atoms with Crippen molar-refractivity contribution < 1.29 is 9.59 Å². The molecule has 1 rings (SSSR count). The molecule has 21 heavy (non-hydrogen) atoms. The van der Waals surface area contributed by atoms with Crippen molar-refractivity contribution in [2.24, 2.45) is 5.92 Å². The summed E-state index contributed by atoms with van der Waals surface area (Å²) < 4.78 is 0. The summed E-state index contributed by atoms with van der Waals surface area (Å²) in [4.78, 5) is 27.5. The molecule has 0 saturated carbocycles. The zero-order valence-corrected chi connectivity index (χ0v) is 14.9. The minimum absolute atomic E-state index is 0.0292. The fraction of sp³-hybridized carbons (Fsp3) is 0.875. The Bertz CT molecular complexity index is 369. The van der Waals surface area contributed by atoms with Crippen LogP contribution in [0.3, 0.4) is 0 Å². The molecule has 2 unspecified atom stereocenters. The molecule has 1 aliphatic heterocycles. The largest absolute Gasteiger partial charge is 0.342 e. The Kier molecular flexibility index (Phi) is 7.04. The number of rotatable bonds is 8. The van der Waals surface area contributed by atoms with Gasteiger partial charge in [0.2, 0.25) is 11.8 Å². The van der Waals surface area contributed by atoms with Gasteiger partial charge in [0.25, 0.3) is 0 Å². The predicted molar refractivity (Wildman–Crippen MR) is 89.4 cm³/mol. The quantitative estimate of drug-likeness (QED) is 0.701. The molecular formula is C16H30N2O2S. The molecule has 0 aromatic rings. The lowest BCUT2D eigenvalue weighted by atomic mass is 9.83. The topological polar surface area (TPSA) is 49.4 Å². The monoisotopic (exact) mass is 314 g/mol. The van der Waals surface area contributed by atoms with Gasteiger partial charge in [-0.2, -0.15) is 11.8 Å². The predicted octanol–water partition coefficient (Wildman–Crippen LogP) is 2.67. The van der Waals surface area contributed by atoms with Crippen LogP contribution in [0.1, 0.15) is 53.4 Å².